The van der Waals surface area contributed by atoms with E-state index in [1.807, 2.05) is 32.0 Å². The van der Waals surface area contributed by atoms with Crippen LogP contribution in [0.5, 0.6) is 0 Å². The number of carbonyl (C=O) groups is 1. The van der Waals surface area contributed by atoms with Crippen LogP contribution in [-0.2, 0) is 14.3 Å². The predicted octanol–water partition coefficient (Wildman–Crippen LogP) is 3.46. The van der Waals surface area contributed by atoms with E-state index in [-0.39, 0.29) is 12.3 Å². The van der Waals surface area contributed by atoms with E-state index in [1.165, 1.54) is 0 Å². The van der Waals surface area contributed by atoms with Gasteiger partial charge in [-0.25, -0.2) is 5.43 Å². The number of aromatic nitrogens is 1. The number of nitrogens with zero attached hydrogens (tertiary/aromatic N) is 2. The molecule has 1 fully saturated rings. The monoisotopic (exact) mass is 419 g/mol. The zero-order valence-electron chi connectivity index (χ0n) is 15.1. The SMILES string of the molecule is Cc1cc(/C=N/NC(=O)CC2(C)OCCO2)c(C)n1-c1cccc(Br)c1. The largest absolute Gasteiger partial charge is 0.347 e. The molecule has 1 aromatic heterocycles. The Bertz CT molecular complexity index is 839. The van der Waals surface area contributed by atoms with Crippen LogP contribution in [0.3, 0.4) is 0 Å². The minimum atomic E-state index is -0.851. The molecule has 0 atom stereocenters. The molecule has 1 saturated heterocycles. The first kappa shape index (κ1) is 18.8. The summed E-state index contributed by atoms with van der Waals surface area (Å²) in [5.74, 6) is -1.10. The maximum Gasteiger partial charge on any atom is 0.245 e. The minimum absolute atomic E-state index is 0.113. The summed E-state index contributed by atoms with van der Waals surface area (Å²) < 4.78 is 14.0. The average molecular weight is 420 g/mol. The van der Waals surface area contributed by atoms with Crippen LogP contribution in [0, 0.1) is 13.8 Å². The van der Waals surface area contributed by atoms with E-state index in [2.05, 4.69) is 43.2 Å². The van der Waals surface area contributed by atoms with Gasteiger partial charge in [-0.3, -0.25) is 4.79 Å². The second-order valence-electron chi connectivity index (χ2n) is 6.44. The van der Waals surface area contributed by atoms with E-state index in [9.17, 15) is 4.79 Å². The fourth-order valence-electron chi connectivity index (χ4n) is 3.09. The minimum Gasteiger partial charge on any atom is -0.347 e. The summed E-state index contributed by atoms with van der Waals surface area (Å²) in [4.78, 5) is 12.0. The molecule has 2 aromatic rings. The van der Waals surface area contributed by atoms with Crippen molar-refractivity contribution in [2.45, 2.75) is 33.0 Å². The van der Waals surface area contributed by atoms with Crippen molar-refractivity contribution in [1.29, 1.82) is 0 Å². The highest BCUT2D eigenvalue weighted by molar-refractivity contribution is 9.10. The van der Waals surface area contributed by atoms with Crippen molar-refractivity contribution in [2.24, 2.45) is 5.10 Å². The Morgan fingerprint density at radius 3 is 2.77 bits per heavy atom. The van der Waals surface area contributed by atoms with Gasteiger partial charge in [-0.05, 0) is 45.0 Å². The number of hydrogen-bond donors (Lipinski definition) is 1. The van der Waals surface area contributed by atoms with Gasteiger partial charge < -0.3 is 14.0 Å². The number of ether oxygens (including phenoxy) is 2. The highest BCUT2D eigenvalue weighted by atomic mass is 79.9. The van der Waals surface area contributed by atoms with Crippen molar-refractivity contribution in [1.82, 2.24) is 9.99 Å². The lowest BCUT2D eigenvalue weighted by molar-refractivity contribution is -0.159. The Morgan fingerprint density at radius 2 is 2.08 bits per heavy atom. The van der Waals surface area contributed by atoms with Crippen LogP contribution in [0.25, 0.3) is 5.69 Å². The number of rotatable bonds is 5. The van der Waals surface area contributed by atoms with Gasteiger partial charge >= 0.3 is 0 Å². The molecular weight excluding hydrogens is 398 g/mol. The fraction of sp³-hybridized carbons (Fsp3) is 0.368. The Hall–Kier alpha value is -1.96. The zero-order valence-corrected chi connectivity index (χ0v) is 16.7. The molecule has 7 heteroatoms. The van der Waals surface area contributed by atoms with E-state index < -0.39 is 5.79 Å². The lowest BCUT2D eigenvalue weighted by Crippen LogP contribution is -2.33. The topological polar surface area (TPSA) is 64.8 Å². The quantitative estimate of drug-likeness (QED) is 0.595. The molecular formula is C19H22BrN3O3. The Morgan fingerprint density at radius 1 is 1.35 bits per heavy atom. The van der Waals surface area contributed by atoms with Crippen LogP contribution >= 0.6 is 15.9 Å². The Balaban J connectivity index is 1.69. The van der Waals surface area contributed by atoms with Gasteiger partial charge in [-0.2, -0.15) is 5.10 Å². The number of hydrazone groups is 1. The molecule has 2 heterocycles. The molecule has 26 heavy (non-hydrogen) atoms. The number of amides is 1. The van der Waals surface area contributed by atoms with Gasteiger partial charge in [-0.15, -0.1) is 0 Å². The molecule has 1 aromatic carbocycles. The maximum absolute atomic E-state index is 12.0. The number of halogens is 1. The molecule has 0 unspecified atom stereocenters. The molecule has 1 amide bonds. The second kappa shape index (κ2) is 7.73. The molecule has 0 radical (unpaired) electrons. The van der Waals surface area contributed by atoms with E-state index >= 15 is 0 Å². The summed E-state index contributed by atoms with van der Waals surface area (Å²) in [6.45, 7) is 6.84. The van der Waals surface area contributed by atoms with Gasteiger partial charge in [0.25, 0.3) is 0 Å². The van der Waals surface area contributed by atoms with Crippen molar-refractivity contribution in [3.63, 3.8) is 0 Å². The third kappa shape index (κ3) is 4.23. The average Bonchev–Trinajstić information content (AvgIpc) is 3.11. The molecule has 0 saturated carbocycles. The highest BCUT2D eigenvalue weighted by Gasteiger charge is 2.33. The van der Waals surface area contributed by atoms with Crippen molar-refractivity contribution >= 4 is 28.1 Å². The van der Waals surface area contributed by atoms with Gasteiger partial charge in [0.1, 0.15) is 0 Å². The van der Waals surface area contributed by atoms with E-state index in [0.717, 1.165) is 27.1 Å². The van der Waals surface area contributed by atoms with Crippen LogP contribution in [0.2, 0.25) is 0 Å². The summed E-state index contributed by atoms with van der Waals surface area (Å²) in [6.07, 6.45) is 1.77. The lowest BCUT2D eigenvalue weighted by atomic mass is 10.2. The summed E-state index contributed by atoms with van der Waals surface area (Å²) in [5.41, 5.74) is 6.70. The normalized spacial score (nSPS) is 16.3. The third-order valence-electron chi connectivity index (χ3n) is 4.31. The molecule has 0 aliphatic carbocycles. The lowest BCUT2D eigenvalue weighted by Gasteiger charge is -2.20. The van der Waals surface area contributed by atoms with E-state index in [4.69, 9.17) is 9.47 Å². The van der Waals surface area contributed by atoms with Crippen LogP contribution in [0.1, 0.15) is 30.3 Å². The Labute approximate surface area is 161 Å². The Kier molecular flexibility index (Phi) is 5.60. The first-order chi connectivity index (χ1) is 12.4. The van der Waals surface area contributed by atoms with E-state index in [1.54, 1.807) is 13.1 Å². The van der Waals surface area contributed by atoms with Crippen molar-refractivity contribution < 1.29 is 14.3 Å². The van der Waals surface area contributed by atoms with Gasteiger partial charge in [0.05, 0.1) is 25.8 Å². The van der Waals surface area contributed by atoms with Crippen molar-refractivity contribution in [2.75, 3.05) is 13.2 Å². The third-order valence-corrected chi connectivity index (χ3v) is 4.80. The molecule has 1 N–H and O–H groups in total. The smallest absolute Gasteiger partial charge is 0.245 e. The van der Waals surface area contributed by atoms with Gasteiger partial charge in [0.15, 0.2) is 5.79 Å². The molecule has 1 aliphatic rings. The first-order valence-corrected chi connectivity index (χ1v) is 9.22. The number of hydrogen-bond acceptors (Lipinski definition) is 4. The van der Waals surface area contributed by atoms with Gasteiger partial charge in [0.2, 0.25) is 5.91 Å². The first-order valence-electron chi connectivity index (χ1n) is 8.43. The zero-order chi connectivity index (χ0) is 18.7. The molecule has 1 aliphatic heterocycles. The fourth-order valence-corrected chi connectivity index (χ4v) is 3.48. The number of benzene rings is 1. The molecule has 3 rings (SSSR count). The van der Waals surface area contributed by atoms with Gasteiger partial charge in [-0.1, -0.05) is 22.0 Å². The standard InChI is InChI=1S/C19H22BrN3O3/c1-13-9-15(14(2)23(13)17-6-4-5-16(20)10-17)12-21-22-18(24)11-19(3)25-7-8-26-19/h4-6,9-10,12H,7-8,11H2,1-3H3,(H,22,24)/b21-12+. The van der Waals surface area contributed by atoms with E-state index in [0.29, 0.717) is 13.2 Å². The summed E-state index contributed by atoms with van der Waals surface area (Å²) in [7, 11) is 0. The second-order valence-corrected chi connectivity index (χ2v) is 7.36. The van der Waals surface area contributed by atoms with Crippen LogP contribution in [-0.4, -0.2) is 35.7 Å². The van der Waals surface area contributed by atoms with Crippen molar-refractivity contribution in [3.05, 3.63) is 51.8 Å². The summed E-state index contributed by atoms with van der Waals surface area (Å²) in [5, 5.41) is 4.08. The molecule has 0 spiro atoms. The summed E-state index contributed by atoms with van der Waals surface area (Å²) >= 11 is 3.51. The van der Waals surface area contributed by atoms with Crippen LogP contribution < -0.4 is 5.43 Å². The maximum atomic E-state index is 12.0. The number of nitrogens with one attached hydrogen (secondary N) is 1. The number of carbonyl (C=O) groups excluding carboxylic acids is 1. The van der Waals surface area contributed by atoms with Gasteiger partial charge in [0, 0.05) is 27.1 Å². The predicted molar refractivity (Wildman–Crippen MR) is 104 cm³/mol. The van der Waals surface area contributed by atoms with Crippen molar-refractivity contribution in [3.8, 4) is 5.69 Å². The summed E-state index contributed by atoms with van der Waals surface area (Å²) in [6, 6.07) is 10.1. The molecule has 138 valence electrons. The van der Waals surface area contributed by atoms with Crippen LogP contribution in [0.4, 0.5) is 0 Å². The molecule has 0 bridgehead atoms. The number of aryl methyl sites for hydroxylation is 1. The van der Waals surface area contributed by atoms with Crippen LogP contribution in [0.15, 0.2) is 39.9 Å². The highest BCUT2D eigenvalue weighted by Crippen LogP contribution is 2.23. The molecule has 6 nitrogen and oxygen atoms in total.